The Bertz CT molecular complexity index is 775. The number of likely N-dealkylation sites (tertiary alicyclic amines) is 1. The molecular weight excluding hydrogens is 320 g/mol. The first-order valence-electron chi connectivity index (χ1n) is 10.0. The van der Waals surface area contributed by atoms with Gasteiger partial charge in [0.05, 0.1) is 7.11 Å². The average Bonchev–Trinajstić information content (AvgIpc) is 3.25. The lowest BCUT2D eigenvalue weighted by molar-refractivity contribution is 0.165. The lowest BCUT2D eigenvalue weighted by atomic mass is 9.96. The summed E-state index contributed by atoms with van der Waals surface area (Å²) in [7, 11) is 1.77. The van der Waals surface area contributed by atoms with E-state index in [-0.39, 0.29) is 0 Å². The van der Waals surface area contributed by atoms with Gasteiger partial charge in [-0.05, 0) is 67.0 Å². The topological polar surface area (TPSA) is 15.7 Å². The first kappa shape index (κ1) is 16.2. The van der Waals surface area contributed by atoms with E-state index in [4.69, 9.17) is 4.74 Å². The van der Waals surface area contributed by atoms with Gasteiger partial charge in [-0.2, -0.15) is 0 Å². The summed E-state index contributed by atoms with van der Waals surface area (Å²) in [4.78, 5) is 5.43. The molecule has 0 saturated carbocycles. The molecule has 5 rings (SSSR count). The standard InChI is InChI=1S/C23H28N2O/c1-26-22-10-9-17-7-8-18(23(17)14-22)15-24-12-11-20-13-21(24)16-25(20)19-5-3-2-4-6-19/h2-6,9-10,14,18,20-21H,7-8,11-13,15-16H2,1H3/t18?,20-,21+/m1/s1. The summed E-state index contributed by atoms with van der Waals surface area (Å²) in [5.74, 6) is 1.67. The van der Waals surface area contributed by atoms with Crippen molar-refractivity contribution in [1.29, 1.82) is 0 Å². The summed E-state index contributed by atoms with van der Waals surface area (Å²) in [6.07, 6.45) is 5.13. The van der Waals surface area contributed by atoms with E-state index in [1.54, 1.807) is 7.11 Å². The number of anilines is 1. The molecular formula is C23H28N2O. The summed E-state index contributed by atoms with van der Waals surface area (Å²) in [6, 6.07) is 19.1. The maximum atomic E-state index is 5.47. The summed E-state index contributed by atoms with van der Waals surface area (Å²) < 4.78 is 5.47. The zero-order valence-electron chi connectivity index (χ0n) is 15.6. The molecule has 2 fully saturated rings. The second-order valence-corrected chi connectivity index (χ2v) is 8.12. The number of hydrogen-bond donors (Lipinski definition) is 0. The number of aryl methyl sites for hydroxylation is 1. The van der Waals surface area contributed by atoms with Crippen LogP contribution >= 0.6 is 0 Å². The van der Waals surface area contributed by atoms with Gasteiger partial charge in [-0.1, -0.05) is 24.3 Å². The number of piperidine rings is 1. The van der Waals surface area contributed by atoms with E-state index in [0.29, 0.717) is 12.0 Å². The maximum Gasteiger partial charge on any atom is 0.119 e. The second-order valence-electron chi connectivity index (χ2n) is 8.12. The number of ether oxygens (including phenoxy) is 1. The van der Waals surface area contributed by atoms with Crippen LogP contribution in [0.3, 0.4) is 0 Å². The van der Waals surface area contributed by atoms with Crippen LogP contribution in [-0.2, 0) is 6.42 Å². The van der Waals surface area contributed by atoms with Crippen molar-refractivity contribution in [3.8, 4) is 5.75 Å². The van der Waals surface area contributed by atoms with Crippen LogP contribution < -0.4 is 9.64 Å². The second kappa shape index (κ2) is 6.62. The van der Waals surface area contributed by atoms with Gasteiger partial charge < -0.3 is 9.64 Å². The van der Waals surface area contributed by atoms with E-state index in [1.165, 1.54) is 62.1 Å². The Morgan fingerprint density at radius 3 is 2.77 bits per heavy atom. The number of benzene rings is 2. The Morgan fingerprint density at radius 1 is 1.04 bits per heavy atom. The fourth-order valence-corrected chi connectivity index (χ4v) is 5.37. The molecule has 3 atom stereocenters. The monoisotopic (exact) mass is 348 g/mol. The van der Waals surface area contributed by atoms with Gasteiger partial charge in [0.1, 0.15) is 5.75 Å². The lowest BCUT2D eigenvalue weighted by Gasteiger charge is -2.34. The fraction of sp³-hybridized carbons (Fsp3) is 0.478. The number of fused-ring (bicyclic) bond motifs is 3. The van der Waals surface area contributed by atoms with Crippen molar-refractivity contribution >= 4 is 5.69 Å². The third-order valence-electron chi connectivity index (χ3n) is 6.76. The molecule has 0 spiro atoms. The van der Waals surface area contributed by atoms with Crippen LogP contribution in [0, 0.1) is 0 Å². The highest BCUT2D eigenvalue weighted by molar-refractivity contribution is 5.49. The first-order chi connectivity index (χ1) is 12.8. The normalized spacial score (nSPS) is 27.6. The molecule has 2 heterocycles. The van der Waals surface area contributed by atoms with Crippen molar-refractivity contribution in [3.63, 3.8) is 0 Å². The van der Waals surface area contributed by atoms with Gasteiger partial charge in [0.25, 0.3) is 0 Å². The van der Waals surface area contributed by atoms with Gasteiger partial charge >= 0.3 is 0 Å². The van der Waals surface area contributed by atoms with Crippen LogP contribution in [0.15, 0.2) is 48.5 Å². The van der Waals surface area contributed by atoms with E-state index in [1.807, 2.05) is 0 Å². The molecule has 0 radical (unpaired) electrons. The highest BCUT2D eigenvalue weighted by Gasteiger charge is 2.40. The van der Waals surface area contributed by atoms with Crippen LogP contribution in [0.1, 0.15) is 36.3 Å². The maximum absolute atomic E-state index is 5.47. The lowest BCUT2D eigenvalue weighted by Crippen LogP contribution is -2.42. The van der Waals surface area contributed by atoms with Crippen molar-refractivity contribution in [3.05, 3.63) is 59.7 Å². The molecule has 26 heavy (non-hydrogen) atoms. The van der Waals surface area contributed by atoms with Gasteiger partial charge in [-0.25, -0.2) is 0 Å². The van der Waals surface area contributed by atoms with Crippen molar-refractivity contribution in [2.75, 3.05) is 31.6 Å². The molecule has 2 aliphatic heterocycles. The molecule has 2 aromatic carbocycles. The zero-order valence-corrected chi connectivity index (χ0v) is 15.6. The Balaban J connectivity index is 1.30. The van der Waals surface area contributed by atoms with E-state index in [0.717, 1.165) is 11.8 Å². The van der Waals surface area contributed by atoms with Gasteiger partial charge in [-0.3, -0.25) is 4.90 Å². The number of methoxy groups -OCH3 is 1. The van der Waals surface area contributed by atoms with Crippen molar-refractivity contribution in [2.45, 2.75) is 43.7 Å². The highest BCUT2D eigenvalue weighted by atomic mass is 16.5. The number of nitrogens with zero attached hydrogens (tertiary/aromatic N) is 2. The first-order valence-corrected chi connectivity index (χ1v) is 10.0. The van der Waals surface area contributed by atoms with Crippen molar-refractivity contribution < 1.29 is 4.74 Å². The summed E-state index contributed by atoms with van der Waals surface area (Å²) in [5, 5.41) is 0. The van der Waals surface area contributed by atoms with Gasteiger partial charge in [0.2, 0.25) is 0 Å². The SMILES string of the molecule is COc1ccc2c(c1)C(CN1CC[C@@H]3C[C@H]1CN3c1ccccc1)CC2. The number of para-hydroxylation sites is 1. The molecule has 0 N–H and O–H groups in total. The summed E-state index contributed by atoms with van der Waals surface area (Å²) >= 11 is 0. The fourth-order valence-electron chi connectivity index (χ4n) is 5.37. The molecule has 1 aliphatic carbocycles. The smallest absolute Gasteiger partial charge is 0.119 e. The molecule has 2 bridgehead atoms. The largest absolute Gasteiger partial charge is 0.497 e. The van der Waals surface area contributed by atoms with Gasteiger partial charge in [0, 0.05) is 37.4 Å². The van der Waals surface area contributed by atoms with Crippen molar-refractivity contribution in [2.24, 2.45) is 0 Å². The third kappa shape index (κ3) is 2.79. The Hall–Kier alpha value is -2.00. The Kier molecular flexibility index (Phi) is 4.12. The summed E-state index contributed by atoms with van der Waals surface area (Å²) in [6.45, 7) is 3.64. The van der Waals surface area contributed by atoms with Gasteiger partial charge in [0.15, 0.2) is 0 Å². The number of rotatable bonds is 4. The third-order valence-corrected chi connectivity index (χ3v) is 6.76. The quantitative estimate of drug-likeness (QED) is 0.828. The molecule has 3 aliphatic rings. The van der Waals surface area contributed by atoms with E-state index in [9.17, 15) is 0 Å². The molecule has 3 nitrogen and oxygen atoms in total. The molecule has 2 saturated heterocycles. The van der Waals surface area contributed by atoms with E-state index >= 15 is 0 Å². The van der Waals surface area contributed by atoms with Crippen LogP contribution in [0.4, 0.5) is 5.69 Å². The minimum atomic E-state index is 0.669. The molecule has 1 unspecified atom stereocenters. The molecule has 3 heteroatoms. The van der Waals surface area contributed by atoms with Crippen LogP contribution in [0.2, 0.25) is 0 Å². The van der Waals surface area contributed by atoms with Crippen LogP contribution in [-0.4, -0.2) is 43.7 Å². The average molecular weight is 348 g/mol. The van der Waals surface area contributed by atoms with Gasteiger partial charge in [-0.15, -0.1) is 0 Å². The Morgan fingerprint density at radius 2 is 1.92 bits per heavy atom. The minimum absolute atomic E-state index is 0.669. The zero-order chi connectivity index (χ0) is 17.5. The predicted molar refractivity (Wildman–Crippen MR) is 106 cm³/mol. The number of hydrogen-bond acceptors (Lipinski definition) is 3. The predicted octanol–water partition coefficient (Wildman–Crippen LogP) is 4.08. The van der Waals surface area contributed by atoms with E-state index < -0.39 is 0 Å². The molecule has 0 amide bonds. The molecule has 136 valence electrons. The minimum Gasteiger partial charge on any atom is -0.497 e. The Labute approximate surface area is 156 Å². The summed E-state index contributed by atoms with van der Waals surface area (Å²) in [5.41, 5.74) is 4.46. The molecule has 0 aromatic heterocycles. The van der Waals surface area contributed by atoms with E-state index in [2.05, 4.69) is 58.3 Å². The van der Waals surface area contributed by atoms with Crippen molar-refractivity contribution in [1.82, 2.24) is 4.90 Å². The van der Waals surface area contributed by atoms with Crippen LogP contribution in [0.25, 0.3) is 0 Å². The van der Waals surface area contributed by atoms with Crippen LogP contribution in [0.5, 0.6) is 5.75 Å². The highest BCUT2D eigenvalue weighted by Crippen LogP contribution is 2.39. The molecule has 2 aromatic rings.